The van der Waals surface area contributed by atoms with Crippen molar-refractivity contribution in [2.75, 3.05) is 27.1 Å². The molecule has 0 atom stereocenters. The number of ether oxygens (including phenoxy) is 3. The van der Waals surface area contributed by atoms with E-state index in [-0.39, 0.29) is 0 Å². The van der Waals surface area contributed by atoms with E-state index in [0.29, 0.717) is 17.6 Å². The number of aromatic nitrogens is 6. The molecule has 0 aliphatic heterocycles. The first-order valence-corrected chi connectivity index (χ1v) is 16.9. The summed E-state index contributed by atoms with van der Waals surface area (Å²) in [5.41, 5.74) is 9.88. The number of nitrogen functional groups attached to an aromatic ring is 1. The number of halogens is 3. The Morgan fingerprint density at radius 1 is 0.800 bits per heavy atom. The Morgan fingerprint density at radius 3 is 2.02 bits per heavy atom. The van der Waals surface area contributed by atoms with Crippen LogP contribution >= 0.6 is 66.1 Å². The molecule has 6 aromatic heterocycles. The second-order valence-electron chi connectivity index (χ2n) is 9.18. The first kappa shape index (κ1) is 34.4. The maximum absolute atomic E-state index is 5.95. The van der Waals surface area contributed by atoms with Crippen molar-refractivity contribution >= 4 is 72.0 Å². The molecule has 45 heavy (non-hydrogen) atoms. The predicted octanol–water partition coefficient (Wildman–Crippen LogP) is 8.63. The number of nitrogens with two attached hydrogens (primary N) is 1. The molecule has 0 saturated heterocycles. The third-order valence-corrected chi connectivity index (χ3v) is 9.12. The van der Waals surface area contributed by atoms with E-state index in [1.54, 1.807) is 62.5 Å². The summed E-state index contributed by atoms with van der Waals surface area (Å²) in [6.45, 7) is 2.06. The lowest BCUT2D eigenvalue weighted by atomic mass is 10.1. The van der Waals surface area contributed by atoms with Crippen LogP contribution in [-0.4, -0.2) is 51.7 Å². The lowest BCUT2D eigenvalue weighted by Gasteiger charge is -2.05. The van der Waals surface area contributed by atoms with Crippen molar-refractivity contribution < 1.29 is 14.2 Å². The summed E-state index contributed by atoms with van der Waals surface area (Å²) in [4.78, 5) is 10.9. The van der Waals surface area contributed by atoms with Crippen LogP contribution in [0.1, 0.15) is 15.4 Å². The number of pyridine rings is 2. The zero-order valence-corrected chi connectivity index (χ0v) is 30.3. The van der Waals surface area contributed by atoms with Gasteiger partial charge in [0.1, 0.15) is 5.82 Å². The first-order valence-electron chi connectivity index (χ1n) is 13.3. The zero-order valence-electron chi connectivity index (χ0n) is 24.7. The van der Waals surface area contributed by atoms with Gasteiger partial charge in [-0.3, -0.25) is 10.2 Å². The van der Waals surface area contributed by atoms with Gasteiger partial charge in [-0.25, -0.2) is 9.97 Å². The molecule has 15 heteroatoms. The molecule has 0 saturated carbocycles. The van der Waals surface area contributed by atoms with E-state index in [1.165, 1.54) is 9.75 Å². The van der Waals surface area contributed by atoms with Crippen molar-refractivity contribution in [3.8, 4) is 39.3 Å². The van der Waals surface area contributed by atoms with Gasteiger partial charge in [0.25, 0.3) is 0 Å². The lowest BCUT2D eigenvalue weighted by Crippen LogP contribution is -1.91. The van der Waals surface area contributed by atoms with Crippen LogP contribution in [0.2, 0.25) is 4.34 Å². The summed E-state index contributed by atoms with van der Waals surface area (Å²) in [5, 5.41) is 15.1. The van der Waals surface area contributed by atoms with Crippen LogP contribution in [-0.2, 0) is 12.8 Å². The minimum Gasteiger partial charge on any atom is -0.487 e. The first-order chi connectivity index (χ1) is 21.7. The fraction of sp³-hybridized carbons (Fsp3) is 0.200. The molecule has 0 fully saturated rings. The van der Waals surface area contributed by atoms with E-state index in [0.717, 1.165) is 59.4 Å². The number of hydrogen-bond donors (Lipinski definition) is 3. The van der Waals surface area contributed by atoms with E-state index in [2.05, 4.69) is 75.2 Å². The Bertz CT molecular complexity index is 1820. The number of rotatable bonds is 8. The minimum atomic E-state index is 0.437. The number of methoxy groups -OCH3 is 3. The summed E-state index contributed by atoms with van der Waals surface area (Å²) >= 11 is 16.0. The average Bonchev–Trinajstić information content (AvgIpc) is 3.85. The number of thiophene rings is 2. The van der Waals surface area contributed by atoms with E-state index < -0.39 is 0 Å². The summed E-state index contributed by atoms with van der Waals surface area (Å²) in [6.07, 6.45) is 5.19. The van der Waals surface area contributed by atoms with Crippen LogP contribution in [0.5, 0.6) is 16.8 Å². The largest absolute Gasteiger partial charge is 0.487 e. The normalized spacial score (nSPS) is 10.4. The van der Waals surface area contributed by atoms with Crippen LogP contribution in [0.3, 0.4) is 0 Å². The molecule has 4 N–H and O–H groups in total. The highest BCUT2D eigenvalue weighted by atomic mass is 79.9. The second-order valence-corrected chi connectivity index (χ2v) is 14.1. The number of nitrogens with zero attached hydrogens (tertiary/aromatic N) is 4. The Labute approximate surface area is 290 Å². The van der Waals surface area contributed by atoms with Crippen molar-refractivity contribution in [3.05, 3.63) is 89.7 Å². The fourth-order valence-electron chi connectivity index (χ4n) is 3.92. The quantitative estimate of drug-likeness (QED) is 0.139. The van der Waals surface area contributed by atoms with Gasteiger partial charge in [0.05, 0.1) is 48.2 Å². The van der Waals surface area contributed by atoms with Crippen LogP contribution in [0.25, 0.3) is 22.5 Å². The van der Waals surface area contributed by atoms with Gasteiger partial charge in [-0.2, -0.15) is 10.2 Å². The Morgan fingerprint density at radius 2 is 1.49 bits per heavy atom. The van der Waals surface area contributed by atoms with Gasteiger partial charge in [-0.05, 0) is 94.1 Å². The van der Waals surface area contributed by atoms with Crippen molar-refractivity contribution in [3.63, 3.8) is 0 Å². The number of aromatic amines is 2. The van der Waals surface area contributed by atoms with E-state index in [9.17, 15) is 0 Å². The number of aryl methyl sites for hydroxylation is 3. The molecule has 0 amide bonds. The highest BCUT2D eigenvalue weighted by molar-refractivity contribution is 9.10. The lowest BCUT2D eigenvalue weighted by molar-refractivity contribution is 0.399. The van der Waals surface area contributed by atoms with Gasteiger partial charge < -0.3 is 19.9 Å². The molecule has 236 valence electrons. The summed E-state index contributed by atoms with van der Waals surface area (Å²) in [7, 11) is 4.86. The molecule has 6 heterocycles. The molecule has 6 aromatic rings. The van der Waals surface area contributed by atoms with Crippen LogP contribution in [0.15, 0.2) is 69.9 Å². The number of H-pyrrole nitrogens is 2. The standard InChI is InChI=1S/C15H13BrClN3OS.C9H9BrN4O.C6H8OS/c1-21-15-12(6-9(16)8-18-15)13-7-10(19-20-13)2-3-11-4-5-14(17)22-11;1-15-9-6(2-5(10)4-12-9)7-3-8(11)14-13-7;1-5-3-4-6(7-2)8-5/h4-8H,2-3H2,1H3,(H,19,20);2-4H,1H3,(H3,11,13,14);3-4H,1-2H3. The Balaban J connectivity index is 0.000000172. The predicted molar refractivity (Wildman–Crippen MR) is 189 cm³/mol. The molecule has 0 aromatic carbocycles. The minimum absolute atomic E-state index is 0.437. The number of anilines is 1. The zero-order chi connectivity index (χ0) is 32.3. The molecule has 0 radical (unpaired) electrons. The summed E-state index contributed by atoms with van der Waals surface area (Å²) in [5.74, 6) is 1.53. The van der Waals surface area contributed by atoms with Gasteiger partial charge in [0.15, 0.2) is 5.06 Å². The maximum atomic E-state index is 5.95. The highest BCUT2D eigenvalue weighted by Crippen LogP contribution is 2.31. The second kappa shape index (κ2) is 16.8. The van der Waals surface area contributed by atoms with Crippen molar-refractivity contribution in [2.24, 2.45) is 0 Å². The topological polar surface area (TPSA) is 137 Å². The van der Waals surface area contributed by atoms with E-state index in [1.807, 2.05) is 36.4 Å². The molecular weight excluding hydrogens is 766 g/mol. The van der Waals surface area contributed by atoms with Crippen molar-refractivity contribution in [2.45, 2.75) is 19.8 Å². The van der Waals surface area contributed by atoms with E-state index >= 15 is 0 Å². The fourth-order valence-corrected chi connectivity index (χ4v) is 6.35. The number of nitrogens with one attached hydrogen (secondary N) is 2. The monoisotopic (exact) mass is 793 g/mol. The summed E-state index contributed by atoms with van der Waals surface area (Å²) in [6, 6.07) is 15.6. The molecule has 0 bridgehead atoms. The van der Waals surface area contributed by atoms with Gasteiger partial charge in [-0.1, -0.05) is 11.6 Å². The molecule has 0 spiro atoms. The molecule has 6 rings (SSSR count). The Kier molecular flexibility index (Phi) is 12.8. The van der Waals surface area contributed by atoms with E-state index in [4.69, 9.17) is 31.5 Å². The van der Waals surface area contributed by atoms with Gasteiger partial charge in [-0.15, -0.1) is 22.7 Å². The number of hydrogen-bond acceptors (Lipinski definition) is 10. The molecular formula is C30H30Br2ClN7O3S2. The average molecular weight is 796 g/mol. The van der Waals surface area contributed by atoms with Crippen LogP contribution < -0.4 is 19.9 Å². The SMILES string of the molecule is COc1ccc(C)s1.COc1ncc(Br)cc1-c1cc(CCc2ccc(Cl)s2)[nH]n1.COc1ncc(Br)cc1-c1cc(N)n[nH]1. The molecule has 10 nitrogen and oxygen atoms in total. The van der Waals surface area contributed by atoms with Crippen LogP contribution in [0, 0.1) is 6.92 Å². The smallest absolute Gasteiger partial charge is 0.222 e. The molecule has 0 aliphatic carbocycles. The van der Waals surface area contributed by atoms with Gasteiger partial charge in [0, 0.05) is 42.9 Å². The van der Waals surface area contributed by atoms with Gasteiger partial charge >= 0.3 is 0 Å². The summed E-state index contributed by atoms with van der Waals surface area (Å²) < 4.78 is 18.0. The maximum Gasteiger partial charge on any atom is 0.222 e. The van der Waals surface area contributed by atoms with Gasteiger partial charge in [0.2, 0.25) is 11.8 Å². The molecule has 0 aliphatic rings. The molecule has 0 unspecified atom stereocenters. The van der Waals surface area contributed by atoms with Crippen molar-refractivity contribution in [1.82, 2.24) is 30.4 Å². The van der Waals surface area contributed by atoms with Crippen LogP contribution in [0.4, 0.5) is 5.82 Å². The highest BCUT2D eigenvalue weighted by Gasteiger charge is 2.13. The third-order valence-electron chi connectivity index (χ3n) is 6.00. The third kappa shape index (κ3) is 10.0. The Hall–Kier alpha value is -3.43. The van der Waals surface area contributed by atoms with Crippen molar-refractivity contribution in [1.29, 1.82) is 0 Å².